The van der Waals surface area contributed by atoms with Crippen molar-refractivity contribution in [2.45, 2.75) is 32.9 Å². The lowest BCUT2D eigenvalue weighted by molar-refractivity contribution is 0.143. The number of nitrogens with one attached hydrogen (secondary N) is 1. The molecule has 6 nitrogen and oxygen atoms in total. The largest absolute Gasteiger partial charge is 0.314 e. The lowest BCUT2D eigenvalue weighted by Crippen LogP contribution is -2.56. The number of fused-ring (bicyclic) bond motifs is 1. The van der Waals surface area contributed by atoms with Gasteiger partial charge in [0.25, 0.3) is 5.56 Å². The normalized spacial score (nSPS) is 15.9. The van der Waals surface area contributed by atoms with E-state index in [2.05, 4.69) is 27.2 Å². The van der Waals surface area contributed by atoms with Crippen LogP contribution in [0.15, 0.2) is 10.9 Å². The maximum atomic E-state index is 12.1. The molecule has 2 aromatic rings. The molecule has 1 aliphatic rings. The van der Waals surface area contributed by atoms with Crippen LogP contribution < -0.4 is 10.9 Å². The molecule has 0 saturated carbocycles. The first kappa shape index (κ1) is 13.7. The predicted molar refractivity (Wildman–Crippen MR) is 79.3 cm³/mol. The van der Waals surface area contributed by atoms with E-state index in [4.69, 9.17) is 0 Å². The molecule has 3 heterocycles. The summed E-state index contributed by atoms with van der Waals surface area (Å²) in [6.07, 6.45) is 0.831. The lowest BCUT2D eigenvalue weighted by atomic mass is 10.1. The lowest BCUT2D eigenvalue weighted by Gasteiger charge is -2.37. The van der Waals surface area contributed by atoms with Crippen LogP contribution >= 0.6 is 11.3 Å². The van der Waals surface area contributed by atoms with Crippen LogP contribution in [0, 0.1) is 0 Å². The fourth-order valence-corrected chi connectivity index (χ4v) is 3.22. The van der Waals surface area contributed by atoms with Gasteiger partial charge in [-0.2, -0.15) is 9.61 Å². The second kappa shape index (κ2) is 5.59. The van der Waals surface area contributed by atoms with E-state index in [-0.39, 0.29) is 5.56 Å². The zero-order valence-corrected chi connectivity index (χ0v) is 12.6. The minimum Gasteiger partial charge on any atom is -0.314 e. The van der Waals surface area contributed by atoms with Crippen molar-refractivity contribution in [2.75, 3.05) is 19.6 Å². The Morgan fingerprint density at radius 1 is 1.50 bits per heavy atom. The maximum absolute atomic E-state index is 12.1. The first-order valence-corrected chi connectivity index (χ1v) is 7.86. The molecule has 0 unspecified atom stereocenters. The first-order chi connectivity index (χ1) is 9.71. The van der Waals surface area contributed by atoms with Crippen molar-refractivity contribution in [2.24, 2.45) is 0 Å². The highest BCUT2D eigenvalue weighted by Gasteiger charge is 2.23. The van der Waals surface area contributed by atoms with Crippen molar-refractivity contribution in [3.8, 4) is 0 Å². The summed E-state index contributed by atoms with van der Waals surface area (Å²) in [5.41, 5.74) is 0.763. The molecule has 0 atom stereocenters. The Balaban J connectivity index is 1.89. The molecule has 2 aromatic heterocycles. The van der Waals surface area contributed by atoms with E-state index in [0.29, 0.717) is 11.0 Å². The fourth-order valence-electron chi connectivity index (χ4n) is 2.36. The number of likely N-dealkylation sites (N-methyl/N-ethyl adjacent to an activating group) is 1. The zero-order chi connectivity index (χ0) is 14.1. The number of hydrogen-bond donors (Lipinski definition) is 1. The molecule has 3 rings (SSSR count). The van der Waals surface area contributed by atoms with Gasteiger partial charge in [0.15, 0.2) is 0 Å². The van der Waals surface area contributed by atoms with E-state index in [1.165, 1.54) is 15.9 Å². The second-order valence-electron chi connectivity index (χ2n) is 5.00. The zero-order valence-electron chi connectivity index (χ0n) is 11.8. The Bertz CT molecular complexity index is 660. The van der Waals surface area contributed by atoms with Gasteiger partial charge in [0.05, 0.1) is 5.69 Å². The Kier molecular flexibility index (Phi) is 3.82. The summed E-state index contributed by atoms with van der Waals surface area (Å²) in [6, 6.07) is 2.17. The summed E-state index contributed by atoms with van der Waals surface area (Å²) in [5.74, 6) is 0. The molecule has 7 heteroatoms. The van der Waals surface area contributed by atoms with Crippen LogP contribution in [0.5, 0.6) is 0 Å². The Hall–Kier alpha value is -1.31. The summed E-state index contributed by atoms with van der Waals surface area (Å²) < 4.78 is 1.41. The third-order valence-electron chi connectivity index (χ3n) is 3.69. The SMILES string of the molecule is CCc1nn2c(=O)cc(CN(CC)C3CNC3)nc2s1. The van der Waals surface area contributed by atoms with Gasteiger partial charge in [0.2, 0.25) is 4.96 Å². The van der Waals surface area contributed by atoms with E-state index in [0.717, 1.165) is 43.3 Å². The van der Waals surface area contributed by atoms with E-state index < -0.39 is 0 Å². The van der Waals surface area contributed by atoms with Crippen LogP contribution in [0.4, 0.5) is 0 Å². The molecular formula is C13H19N5OS. The van der Waals surface area contributed by atoms with E-state index >= 15 is 0 Å². The number of hydrogen-bond acceptors (Lipinski definition) is 6. The topological polar surface area (TPSA) is 62.5 Å². The third kappa shape index (κ3) is 2.48. The molecule has 0 aliphatic carbocycles. The monoisotopic (exact) mass is 293 g/mol. The average Bonchev–Trinajstić information content (AvgIpc) is 2.79. The van der Waals surface area contributed by atoms with Crippen LogP contribution in [0.25, 0.3) is 4.96 Å². The molecule has 108 valence electrons. The molecular weight excluding hydrogens is 274 g/mol. The molecule has 1 saturated heterocycles. The highest BCUT2D eigenvalue weighted by Crippen LogP contribution is 2.14. The van der Waals surface area contributed by atoms with Gasteiger partial charge in [0.1, 0.15) is 5.01 Å². The van der Waals surface area contributed by atoms with Crippen molar-refractivity contribution in [3.63, 3.8) is 0 Å². The van der Waals surface area contributed by atoms with Gasteiger partial charge in [-0.25, -0.2) is 4.98 Å². The van der Waals surface area contributed by atoms with Gasteiger partial charge < -0.3 is 5.32 Å². The van der Waals surface area contributed by atoms with Gasteiger partial charge in [-0.05, 0) is 13.0 Å². The fraction of sp³-hybridized carbons (Fsp3) is 0.615. The molecule has 1 aliphatic heterocycles. The van der Waals surface area contributed by atoms with Crippen molar-refractivity contribution in [3.05, 3.63) is 27.1 Å². The van der Waals surface area contributed by atoms with Gasteiger partial charge in [-0.1, -0.05) is 25.2 Å². The van der Waals surface area contributed by atoms with Crippen molar-refractivity contribution in [1.82, 2.24) is 24.8 Å². The quantitative estimate of drug-likeness (QED) is 0.870. The van der Waals surface area contributed by atoms with Crippen LogP contribution in [-0.2, 0) is 13.0 Å². The number of rotatable bonds is 5. The van der Waals surface area contributed by atoms with E-state index in [9.17, 15) is 4.79 Å². The summed E-state index contributed by atoms with van der Waals surface area (Å²) >= 11 is 1.50. The summed E-state index contributed by atoms with van der Waals surface area (Å²) in [5, 5.41) is 8.49. The first-order valence-electron chi connectivity index (χ1n) is 7.04. The third-order valence-corrected chi connectivity index (χ3v) is 4.74. The molecule has 0 spiro atoms. The summed E-state index contributed by atoms with van der Waals surface area (Å²) in [4.78, 5) is 19.7. The molecule has 0 radical (unpaired) electrons. The molecule has 1 N–H and O–H groups in total. The van der Waals surface area contributed by atoms with Crippen LogP contribution in [0.3, 0.4) is 0 Å². The Morgan fingerprint density at radius 2 is 2.30 bits per heavy atom. The minimum absolute atomic E-state index is 0.0799. The van der Waals surface area contributed by atoms with Crippen LogP contribution in [-0.4, -0.2) is 45.2 Å². The van der Waals surface area contributed by atoms with Gasteiger partial charge in [-0.15, -0.1) is 0 Å². The number of aryl methyl sites for hydroxylation is 1. The van der Waals surface area contributed by atoms with Crippen LogP contribution in [0.1, 0.15) is 24.5 Å². The molecule has 0 aromatic carbocycles. The predicted octanol–water partition coefficient (Wildman–Crippen LogP) is 0.507. The van der Waals surface area contributed by atoms with Gasteiger partial charge in [0, 0.05) is 31.7 Å². The Morgan fingerprint density at radius 3 is 2.90 bits per heavy atom. The van der Waals surface area contributed by atoms with E-state index in [1.54, 1.807) is 6.07 Å². The standard InChI is InChI=1S/C13H19N5OS/c1-3-11-16-18-12(19)5-9(15-13(18)20-11)8-17(4-2)10-6-14-7-10/h5,10,14H,3-4,6-8H2,1-2H3. The van der Waals surface area contributed by atoms with Gasteiger partial charge >= 0.3 is 0 Å². The van der Waals surface area contributed by atoms with Crippen molar-refractivity contribution < 1.29 is 0 Å². The maximum Gasteiger partial charge on any atom is 0.275 e. The molecule has 0 bridgehead atoms. The second-order valence-corrected chi connectivity index (χ2v) is 6.05. The highest BCUT2D eigenvalue weighted by atomic mass is 32.1. The summed E-state index contributed by atoms with van der Waals surface area (Å²) in [7, 11) is 0. The smallest absolute Gasteiger partial charge is 0.275 e. The average molecular weight is 293 g/mol. The van der Waals surface area contributed by atoms with Crippen molar-refractivity contribution >= 4 is 16.3 Å². The number of aromatic nitrogens is 3. The Labute approximate surface area is 121 Å². The minimum atomic E-state index is -0.0799. The van der Waals surface area contributed by atoms with Gasteiger partial charge in [-0.3, -0.25) is 9.69 Å². The van der Waals surface area contributed by atoms with Crippen molar-refractivity contribution in [1.29, 1.82) is 0 Å². The molecule has 20 heavy (non-hydrogen) atoms. The molecule has 1 fully saturated rings. The number of nitrogens with zero attached hydrogens (tertiary/aromatic N) is 4. The highest BCUT2D eigenvalue weighted by molar-refractivity contribution is 7.16. The van der Waals surface area contributed by atoms with Crippen LogP contribution in [0.2, 0.25) is 0 Å². The molecule has 0 amide bonds. The summed E-state index contributed by atoms with van der Waals surface area (Å²) in [6.45, 7) is 7.92. The van der Waals surface area contributed by atoms with E-state index in [1.807, 2.05) is 6.92 Å².